The average Bonchev–Trinajstić information content (AvgIpc) is 3.52. The highest BCUT2D eigenvalue weighted by atomic mass is 35.5. The molecule has 1 aliphatic carbocycles. The van der Waals surface area contributed by atoms with Crippen LogP contribution in [-0.2, 0) is 6.61 Å². The molecule has 0 amide bonds. The summed E-state index contributed by atoms with van der Waals surface area (Å²) >= 11 is 6.11. The molecule has 5 rings (SSSR count). The Balaban J connectivity index is 1.54. The van der Waals surface area contributed by atoms with Gasteiger partial charge >= 0.3 is 0 Å². The normalized spacial score (nSPS) is 13.3. The Morgan fingerprint density at radius 1 is 1.33 bits per heavy atom. The van der Waals surface area contributed by atoms with Crippen LogP contribution in [0.1, 0.15) is 30.1 Å². The monoisotopic (exact) mass is 418 g/mol. The first-order valence-corrected chi connectivity index (χ1v) is 9.75. The average molecular weight is 419 g/mol. The van der Waals surface area contributed by atoms with Crippen molar-refractivity contribution in [3.63, 3.8) is 0 Å². The van der Waals surface area contributed by atoms with E-state index in [-0.39, 0.29) is 23.4 Å². The van der Waals surface area contributed by atoms with E-state index in [0.717, 1.165) is 18.4 Å². The highest BCUT2D eigenvalue weighted by Gasteiger charge is 2.26. The first-order chi connectivity index (χ1) is 14.6. The molecule has 1 aromatic carbocycles. The lowest BCUT2D eigenvalue weighted by atomic mass is 10.1. The number of nitriles is 1. The van der Waals surface area contributed by atoms with Gasteiger partial charge in [-0.05, 0) is 30.5 Å². The second-order valence-electron chi connectivity index (χ2n) is 7.04. The predicted molar refractivity (Wildman–Crippen MR) is 110 cm³/mol. The van der Waals surface area contributed by atoms with Crippen molar-refractivity contribution in [1.82, 2.24) is 24.7 Å². The number of rotatable bonds is 5. The van der Waals surface area contributed by atoms with Crippen LogP contribution >= 0.6 is 11.6 Å². The van der Waals surface area contributed by atoms with Gasteiger partial charge in [0, 0.05) is 23.0 Å². The number of benzene rings is 1. The number of aromatic amines is 1. The molecular formula is C21H15ClN6O2. The van der Waals surface area contributed by atoms with Crippen molar-refractivity contribution in [2.45, 2.75) is 25.5 Å². The fourth-order valence-electron chi connectivity index (χ4n) is 3.32. The van der Waals surface area contributed by atoms with Crippen molar-refractivity contribution in [3.05, 3.63) is 69.6 Å². The van der Waals surface area contributed by atoms with E-state index >= 15 is 0 Å². The molecule has 9 heteroatoms. The molecule has 0 radical (unpaired) electrons. The standard InChI is InChI=1S/C21H15ClN6O2/c22-14-3-1-2-12(6-14)16-8-24-21(18-19(16)25-11-26-20(18)29)30-10-17-13(7-23)9-28(27-17)15-4-5-15/h1-3,6,8-9,11,15H,4-5,10H2,(H,25,26,29). The Morgan fingerprint density at radius 3 is 2.97 bits per heavy atom. The second kappa shape index (κ2) is 7.28. The topological polar surface area (TPSA) is 109 Å². The number of H-pyrrole nitrogens is 1. The van der Waals surface area contributed by atoms with Gasteiger partial charge < -0.3 is 9.72 Å². The van der Waals surface area contributed by atoms with Gasteiger partial charge in [0.15, 0.2) is 0 Å². The minimum Gasteiger partial charge on any atom is -0.470 e. The van der Waals surface area contributed by atoms with E-state index in [4.69, 9.17) is 16.3 Å². The number of fused-ring (bicyclic) bond motifs is 1. The Labute approximate surface area is 175 Å². The van der Waals surface area contributed by atoms with E-state index in [2.05, 4.69) is 26.1 Å². The number of hydrogen-bond acceptors (Lipinski definition) is 6. The van der Waals surface area contributed by atoms with Gasteiger partial charge in [0.25, 0.3) is 5.56 Å². The minimum absolute atomic E-state index is 0.0234. The highest BCUT2D eigenvalue weighted by molar-refractivity contribution is 6.30. The summed E-state index contributed by atoms with van der Waals surface area (Å²) in [5, 5.41) is 14.6. The molecule has 1 N–H and O–H groups in total. The van der Waals surface area contributed by atoms with Crippen LogP contribution in [0.15, 0.2) is 47.8 Å². The quantitative estimate of drug-likeness (QED) is 0.530. The molecule has 8 nitrogen and oxygen atoms in total. The first kappa shape index (κ1) is 18.3. The van der Waals surface area contributed by atoms with Crippen LogP contribution in [0.3, 0.4) is 0 Å². The van der Waals surface area contributed by atoms with Gasteiger partial charge in [-0.25, -0.2) is 9.97 Å². The number of nitrogens with zero attached hydrogens (tertiary/aromatic N) is 5. The van der Waals surface area contributed by atoms with E-state index < -0.39 is 0 Å². The third-order valence-electron chi connectivity index (χ3n) is 4.96. The molecule has 0 atom stereocenters. The van der Waals surface area contributed by atoms with E-state index in [0.29, 0.717) is 33.4 Å². The summed E-state index contributed by atoms with van der Waals surface area (Å²) in [6, 6.07) is 9.74. The summed E-state index contributed by atoms with van der Waals surface area (Å²) in [7, 11) is 0. The summed E-state index contributed by atoms with van der Waals surface area (Å²) in [6.07, 6.45) is 6.80. The summed E-state index contributed by atoms with van der Waals surface area (Å²) in [5.74, 6) is 0.134. The van der Waals surface area contributed by atoms with Gasteiger partial charge in [0.2, 0.25) is 5.88 Å². The molecule has 3 heterocycles. The number of hydrogen-bond donors (Lipinski definition) is 1. The van der Waals surface area contributed by atoms with Crippen LogP contribution in [-0.4, -0.2) is 24.7 Å². The molecule has 148 valence electrons. The third kappa shape index (κ3) is 3.29. The number of aromatic nitrogens is 5. The summed E-state index contributed by atoms with van der Waals surface area (Å²) in [4.78, 5) is 23.8. The number of pyridine rings is 1. The Bertz CT molecular complexity index is 1370. The van der Waals surface area contributed by atoms with Crippen molar-refractivity contribution in [3.8, 4) is 23.1 Å². The molecule has 3 aromatic heterocycles. The van der Waals surface area contributed by atoms with Crippen LogP contribution < -0.4 is 10.3 Å². The molecule has 0 unspecified atom stereocenters. The van der Waals surface area contributed by atoms with Crippen molar-refractivity contribution in [2.75, 3.05) is 0 Å². The molecule has 1 aliphatic rings. The van der Waals surface area contributed by atoms with Crippen LogP contribution in [0.5, 0.6) is 5.88 Å². The fourth-order valence-corrected chi connectivity index (χ4v) is 3.51. The maximum absolute atomic E-state index is 12.6. The van der Waals surface area contributed by atoms with E-state index in [1.165, 1.54) is 6.33 Å². The molecule has 0 aliphatic heterocycles. The lowest BCUT2D eigenvalue weighted by molar-refractivity contribution is 0.291. The predicted octanol–water partition coefficient (Wildman–Crippen LogP) is 3.62. The zero-order valence-electron chi connectivity index (χ0n) is 15.7. The number of halogens is 1. The van der Waals surface area contributed by atoms with Crippen molar-refractivity contribution in [2.24, 2.45) is 0 Å². The SMILES string of the molecule is N#Cc1cn(C2CC2)nc1COc1ncc(-c2cccc(Cl)c2)c2nc[nH]c(=O)c12. The van der Waals surface area contributed by atoms with Gasteiger partial charge in [-0.15, -0.1) is 0 Å². The fraction of sp³-hybridized carbons (Fsp3) is 0.190. The zero-order valence-corrected chi connectivity index (χ0v) is 16.4. The molecule has 0 saturated heterocycles. The Kier molecular flexibility index (Phi) is 4.45. The van der Waals surface area contributed by atoms with E-state index in [1.807, 2.05) is 12.1 Å². The van der Waals surface area contributed by atoms with Crippen LogP contribution in [0.4, 0.5) is 0 Å². The Hall–Kier alpha value is -3.70. The summed E-state index contributed by atoms with van der Waals surface area (Å²) in [6.45, 7) is 0.0234. The number of nitrogens with one attached hydrogen (secondary N) is 1. The minimum atomic E-state index is -0.365. The number of ether oxygens (including phenoxy) is 1. The third-order valence-corrected chi connectivity index (χ3v) is 5.20. The molecule has 30 heavy (non-hydrogen) atoms. The van der Waals surface area contributed by atoms with Crippen molar-refractivity contribution >= 4 is 22.5 Å². The lowest BCUT2D eigenvalue weighted by Crippen LogP contribution is -2.11. The maximum Gasteiger partial charge on any atom is 0.264 e. The molecule has 0 bridgehead atoms. The smallest absolute Gasteiger partial charge is 0.264 e. The molecular weight excluding hydrogens is 404 g/mol. The highest BCUT2D eigenvalue weighted by Crippen LogP contribution is 2.35. The van der Waals surface area contributed by atoms with E-state index in [9.17, 15) is 10.1 Å². The van der Waals surface area contributed by atoms with Gasteiger partial charge in [0.05, 0.1) is 23.4 Å². The van der Waals surface area contributed by atoms with Gasteiger partial charge in [-0.2, -0.15) is 10.4 Å². The van der Waals surface area contributed by atoms with Crippen LogP contribution in [0.25, 0.3) is 22.0 Å². The van der Waals surface area contributed by atoms with Crippen molar-refractivity contribution in [1.29, 1.82) is 5.26 Å². The van der Waals surface area contributed by atoms with Crippen LogP contribution in [0, 0.1) is 11.3 Å². The van der Waals surface area contributed by atoms with Gasteiger partial charge in [-0.3, -0.25) is 9.48 Å². The van der Waals surface area contributed by atoms with Gasteiger partial charge in [-0.1, -0.05) is 23.7 Å². The molecule has 1 fully saturated rings. The lowest BCUT2D eigenvalue weighted by Gasteiger charge is -2.10. The molecule has 4 aromatic rings. The zero-order chi connectivity index (χ0) is 20.7. The van der Waals surface area contributed by atoms with Gasteiger partial charge in [0.1, 0.15) is 23.8 Å². The largest absolute Gasteiger partial charge is 0.470 e. The first-order valence-electron chi connectivity index (χ1n) is 9.37. The van der Waals surface area contributed by atoms with E-state index in [1.54, 1.807) is 29.2 Å². The Morgan fingerprint density at radius 2 is 2.20 bits per heavy atom. The van der Waals surface area contributed by atoms with Crippen LogP contribution in [0.2, 0.25) is 5.02 Å². The van der Waals surface area contributed by atoms with Crippen molar-refractivity contribution < 1.29 is 4.74 Å². The summed E-state index contributed by atoms with van der Waals surface area (Å²) in [5.41, 5.74) is 2.51. The second-order valence-corrected chi connectivity index (χ2v) is 7.48. The maximum atomic E-state index is 12.6. The summed E-state index contributed by atoms with van der Waals surface area (Å²) < 4.78 is 7.64. The molecule has 0 spiro atoms. The molecule has 1 saturated carbocycles.